The Kier molecular flexibility index (Phi) is 4.49. The predicted octanol–water partition coefficient (Wildman–Crippen LogP) is 1.57. The molecule has 0 aromatic carbocycles. The number of carbonyl (C=O) groups is 2. The van der Waals surface area contributed by atoms with Gasteiger partial charge in [0.25, 0.3) is 0 Å². The van der Waals surface area contributed by atoms with Gasteiger partial charge in [-0.15, -0.1) is 0 Å². The Morgan fingerprint density at radius 1 is 1.45 bits per heavy atom. The van der Waals surface area contributed by atoms with E-state index in [-0.39, 0.29) is 11.9 Å². The van der Waals surface area contributed by atoms with E-state index in [0.29, 0.717) is 0 Å². The van der Waals surface area contributed by atoms with E-state index >= 15 is 0 Å². The van der Waals surface area contributed by atoms with E-state index in [2.05, 4.69) is 0 Å². The van der Waals surface area contributed by atoms with E-state index < -0.39 is 15.8 Å². The van der Waals surface area contributed by atoms with Crippen LogP contribution in [0.3, 0.4) is 0 Å². The summed E-state index contributed by atoms with van der Waals surface area (Å²) in [5, 5.41) is 7.61. The number of rotatable bonds is 3. The molecule has 0 aliphatic carbocycles. The van der Waals surface area contributed by atoms with Gasteiger partial charge >= 0.3 is 5.97 Å². The first-order valence-electron chi connectivity index (χ1n) is 2.37. The molecule has 0 rings (SSSR count). The lowest BCUT2D eigenvalue weighted by atomic mass is 10.3. The smallest absolute Gasteiger partial charge is 0.347 e. The number of hydrogen-bond donors (Lipinski definition) is 1. The molecule has 11 heavy (non-hydrogen) atoms. The van der Waals surface area contributed by atoms with Gasteiger partial charge in [0, 0.05) is 0 Å². The minimum absolute atomic E-state index is 0.209. The SMILES string of the molecule is O=CC(=C(Cl)C(=O)O)C(Cl)Cl. The third-order valence-corrected chi connectivity index (χ3v) is 1.65. The highest BCUT2D eigenvalue weighted by Gasteiger charge is 2.16. The highest BCUT2D eigenvalue weighted by Crippen LogP contribution is 2.18. The second-order valence-corrected chi connectivity index (χ2v) is 2.97. The summed E-state index contributed by atoms with van der Waals surface area (Å²) in [6.07, 6.45) is 0.209. The topological polar surface area (TPSA) is 54.4 Å². The molecule has 0 aliphatic rings. The van der Waals surface area contributed by atoms with Crippen LogP contribution in [-0.2, 0) is 9.59 Å². The van der Waals surface area contributed by atoms with Crippen LogP contribution >= 0.6 is 34.8 Å². The van der Waals surface area contributed by atoms with Gasteiger partial charge in [0.15, 0.2) is 6.29 Å². The summed E-state index contributed by atoms with van der Waals surface area (Å²) in [7, 11) is 0. The minimum atomic E-state index is -1.43. The molecule has 0 heterocycles. The molecular weight excluding hydrogens is 214 g/mol. The molecule has 0 fully saturated rings. The fourth-order valence-corrected chi connectivity index (χ4v) is 0.909. The highest BCUT2D eigenvalue weighted by atomic mass is 35.5. The lowest BCUT2D eigenvalue weighted by molar-refractivity contribution is -0.132. The Labute approximate surface area is 77.5 Å². The second kappa shape index (κ2) is 4.59. The van der Waals surface area contributed by atoms with Crippen LogP contribution < -0.4 is 0 Å². The highest BCUT2D eigenvalue weighted by molar-refractivity contribution is 6.50. The van der Waals surface area contributed by atoms with E-state index in [1.807, 2.05) is 0 Å². The zero-order valence-corrected chi connectivity index (χ0v) is 7.32. The van der Waals surface area contributed by atoms with Crippen LogP contribution in [0.5, 0.6) is 0 Å². The number of carboxylic acid groups (broad SMARTS) is 1. The number of aldehydes is 1. The average molecular weight is 217 g/mol. The standard InChI is InChI=1S/C5H3Cl3O3/c6-3(5(10)11)2(1-9)4(7)8/h1,4H,(H,10,11). The van der Waals surface area contributed by atoms with Crippen molar-refractivity contribution >= 4 is 47.1 Å². The van der Waals surface area contributed by atoms with Crippen molar-refractivity contribution in [2.45, 2.75) is 4.84 Å². The summed E-state index contributed by atoms with van der Waals surface area (Å²) < 4.78 is 0. The largest absolute Gasteiger partial charge is 0.477 e. The maximum Gasteiger partial charge on any atom is 0.347 e. The Morgan fingerprint density at radius 3 is 2.00 bits per heavy atom. The van der Waals surface area contributed by atoms with Crippen LogP contribution in [-0.4, -0.2) is 22.2 Å². The van der Waals surface area contributed by atoms with Gasteiger partial charge in [-0.25, -0.2) is 4.79 Å². The van der Waals surface area contributed by atoms with Crippen LogP contribution in [0.25, 0.3) is 0 Å². The summed E-state index contributed by atoms with van der Waals surface area (Å²) in [6.45, 7) is 0. The van der Waals surface area contributed by atoms with Crippen LogP contribution in [0.4, 0.5) is 0 Å². The van der Waals surface area contributed by atoms with Crippen molar-refractivity contribution in [1.82, 2.24) is 0 Å². The predicted molar refractivity (Wildman–Crippen MR) is 42.1 cm³/mol. The Bertz CT molecular complexity index is 209. The van der Waals surface area contributed by atoms with Gasteiger partial charge < -0.3 is 5.11 Å². The van der Waals surface area contributed by atoms with Gasteiger partial charge in [-0.2, -0.15) is 0 Å². The minimum Gasteiger partial charge on any atom is -0.477 e. The van der Waals surface area contributed by atoms with Crippen molar-refractivity contribution < 1.29 is 14.7 Å². The molecule has 62 valence electrons. The van der Waals surface area contributed by atoms with E-state index in [0.717, 1.165) is 0 Å². The van der Waals surface area contributed by atoms with Crippen LogP contribution in [0, 0.1) is 0 Å². The molecule has 1 N–H and O–H groups in total. The third kappa shape index (κ3) is 3.10. The molecule has 0 saturated heterocycles. The molecule has 0 spiro atoms. The molecule has 0 unspecified atom stereocenters. The van der Waals surface area contributed by atoms with Gasteiger partial charge in [-0.1, -0.05) is 34.8 Å². The monoisotopic (exact) mass is 216 g/mol. The normalized spacial score (nSPS) is 12.7. The number of hydrogen-bond acceptors (Lipinski definition) is 2. The first-order valence-corrected chi connectivity index (χ1v) is 3.62. The summed E-state index contributed by atoms with van der Waals surface area (Å²) in [5.74, 6) is -1.43. The second-order valence-electron chi connectivity index (χ2n) is 1.49. The molecule has 0 aromatic rings. The Balaban J connectivity index is 4.83. The van der Waals surface area contributed by atoms with Gasteiger partial charge in [0.05, 0.1) is 5.57 Å². The molecule has 0 radical (unpaired) electrons. The Hall–Kier alpha value is -0.250. The number of aliphatic carboxylic acids is 1. The number of halogens is 3. The van der Waals surface area contributed by atoms with Crippen molar-refractivity contribution in [3.8, 4) is 0 Å². The molecule has 0 aromatic heterocycles. The first kappa shape index (κ1) is 10.8. The van der Waals surface area contributed by atoms with E-state index in [1.165, 1.54) is 0 Å². The average Bonchev–Trinajstić information content (AvgIpc) is 1.88. The van der Waals surface area contributed by atoms with Crippen LogP contribution in [0.2, 0.25) is 0 Å². The summed E-state index contributed by atoms with van der Waals surface area (Å²) >= 11 is 15.6. The summed E-state index contributed by atoms with van der Waals surface area (Å²) in [4.78, 5) is 19.0. The van der Waals surface area contributed by atoms with Crippen molar-refractivity contribution in [3.05, 3.63) is 10.6 Å². The van der Waals surface area contributed by atoms with Crippen LogP contribution in [0.1, 0.15) is 0 Å². The van der Waals surface area contributed by atoms with E-state index in [1.54, 1.807) is 0 Å². The maximum absolute atomic E-state index is 10.1. The van der Waals surface area contributed by atoms with Gasteiger partial charge in [-0.3, -0.25) is 4.79 Å². The van der Waals surface area contributed by atoms with Crippen molar-refractivity contribution in [2.75, 3.05) is 0 Å². The van der Waals surface area contributed by atoms with Gasteiger partial charge in [-0.05, 0) is 0 Å². The number of carboxylic acids is 1. The van der Waals surface area contributed by atoms with Crippen molar-refractivity contribution in [3.63, 3.8) is 0 Å². The fraction of sp³-hybridized carbons (Fsp3) is 0.200. The van der Waals surface area contributed by atoms with E-state index in [9.17, 15) is 9.59 Å². The molecule has 3 nitrogen and oxygen atoms in total. The molecular formula is C5H3Cl3O3. The number of carbonyl (C=O) groups excluding carboxylic acids is 1. The van der Waals surface area contributed by atoms with Gasteiger partial charge in [0.2, 0.25) is 0 Å². The molecule has 0 amide bonds. The number of alkyl halides is 2. The number of allylic oxidation sites excluding steroid dienone is 1. The van der Waals surface area contributed by atoms with Gasteiger partial charge in [0.1, 0.15) is 9.87 Å². The lowest BCUT2D eigenvalue weighted by Gasteiger charge is -1.99. The van der Waals surface area contributed by atoms with E-state index in [4.69, 9.17) is 39.9 Å². The molecule has 0 aliphatic heterocycles. The van der Waals surface area contributed by atoms with Crippen molar-refractivity contribution in [1.29, 1.82) is 0 Å². The quantitative estimate of drug-likeness (QED) is 0.443. The first-order chi connectivity index (χ1) is 5.00. The lowest BCUT2D eigenvalue weighted by Crippen LogP contribution is -2.05. The summed E-state index contributed by atoms with van der Waals surface area (Å²) in [5.41, 5.74) is -0.345. The molecule has 0 saturated carbocycles. The third-order valence-electron chi connectivity index (χ3n) is 0.803. The molecule has 0 bridgehead atoms. The Morgan fingerprint density at radius 2 is 1.91 bits per heavy atom. The zero-order valence-electron chi connectivity index (χ0n) is 5.05. The van der Waals surface area contributed by atoms with Crippen molar-refractivity contribution in [2.24, 2.45) is 0 Å². The van der Waals surface area contributed by atoms with Crippen LogP contribution in [0.15, 0.2) is 10.6 Å². The maximum atomic E-state index is 10.1. The molecule has 6 heteroatoms. The summed E-state index contributed by atoms with van der Waals surface area (Å²) in [6, 6.07) is 0. The molecule has 0 atom stereocenters. The zero-order chi connectivity index (χ0) is 9.02. The fourth-order valence-electron chi connectivity index (χ4n) is 0.322.